The molecule has 0 bridgehead atoms. The summed E-state index contributed by atoms with van der Waals surface area (Å²) in [5, 5.41) is 11.8. The Morgan fingerprint density at radius 1 is 1.28 bits per heavy atom. The van der Waals surface area contributed by atoms with Crippen LogP contribution in [0.1, 0.15) is 42.6 Å². The van der Waals surface area contributed by atoms with E-state index in [0.29, 0.717) is 19.5 Å². The van der Waals surface area contributed by atoms with Gasteiger partial charge in [-0.1, -0.05) is 12.1 Å². The van der Waals surface area contributed by atoms with Crippen molar-refractivity contribution >= 4 is 17.9 Å². The molecule has 2 N–H and O–H groups in total. The Balaban J connectivity index is 2.00. The van der Waals surface area contributed by atoms with Crippen LogP contribution in [0.5, 0.6) is 0 Å². The number of rotatable bonds is 5. The van der Waals surface area contributed by atoms with Gasteiger partial charge >= 0.3 is 12.0 Å². The molecule has 0 saturated carbocycles. The van der Waals surface area contributed by atoms with E-state index in [1.165, 1.54) is 12.1 Å². The van der Waals surface area contributed by atoms with Crippen molar-refractivity contribution in [3.05, 3.63) is 35.4 Å². The standard InChI is InChI=1S/C18H25N3O4/c1-12(2)19-18(25)21-10-4-5-15(21)16(22)20(3)11-13-6-8-14(9-7-13)17(23)24/h6-9,12,15H,4-5,10-11H2,1-3H3,(H,19,25)(H,23,24)/t15-/m0/s1. The molecule has 7 heteroatoms. The van der Waals surface area contributed by atoms with E-state index in [1.54, 1.807) is 29.0 Å². The summed E-state index contributed by atoms with van der Waals surface area (Å²) in [6.45, 7) is 4.72. The van der Waals surface area contributed by atoms with Crippen molar-refractivity contribution in [1.82, 2.24) is 15.1 Å². The average molecular weight is 347 g/mol. The second kappa shape index (κ2) is 8.00. The lowest BCUT2D eigenvalue weighted by Gasteiger charge is -2.29. The van der Waals surface area contributed by atoms with Crippen LogP contribution in [0.3, 0.4) is 0 Å². The van der Waals surface area contributed by atoms with Gasteiger partial charge in [-0.2, -0.15) is 0 Å². The summed E-state index contributed by atoms with van der Waals surface area (Å²) in [6.07, 6.45) is 1.47. The van der Waals surface area contributed by atoms with E-state index in [9.17, 15) is 14.4 Å². The first-order valence-corrected chi connectivity index (χ1v) is 8.44. The highest BCUT2D eigenvalue weighted by Crippen LogP contribution is 2.20. The molecule has 1 aromatic carbocycles. The molecule has 1 heterocycles. The number of carbonyl (C=O) groups excluding carboxylic acids is 2. The van der Waals surface area contributed by atoms with E-state index in [1.807, 2.05) is 13.8 Å². The Morgan fingerprint density at radius 2 is 1.92 bits per heavy atom. The maximum absolute atomic E-state index is 12.7. The Hall–Kier alpha value is -2.57. The number of carbonyl (C=O) groups is 3. The topological polar surface area (TPSA) is 90.0 Å². The molecule has 1 aromatic rings. The number of carboxylic acids is 1. The first-order valence-electron chi connectivity index (χ1n) is 8.44. The Labute approximate surface area is 147 Å². The molecule has 2 rings (SSSR count). The molecule has 1 atom stereocenters. The van der Waals surface area contributed by atoms with Gasteiger partial charge in [0.2, 0.25) is 5.91 Å². The molecule has 1 saturated heterocycles. The molecule has 0 aliphatic carbocycles. The molecule has 0 unspecified atom stereocenters. The number of nitrogens with zero attached hydrogens (tertiary/aromatic N) is 2. The predicted octanol–water partition coefficient (Wildman–Crippen LogP) is 1.93. The first kappa shape index (κ1) is 18.8. The van der Waals surface area contributed by atoms with Crippen LogP contribution < -0.4 is 5.32 Å². The minimum absolute atomic E-state index is 0.0225. The lowest BCUT2D eigenvalue weighted by Crippen LogP contribution is -2.51. The van der Waals surface area contributed by atoms with Crippen LogP contribution in [0.4, 0.5) is 4.79 Å². The number of aromatic carboxylic acids is 1. The van der Waals surface area contributed by atoms with Crippen molar-refractivity contribution in [1.29, 1.82) is 0 Å². The van der Waals surface area contributed by atoms with Gasteiger partial charge in [0, 0.05) is 26.2 Å². The monoisotopic (exact) mass is 347 g/mol. The zero-order valence-electron chi connectivity index (χ0n) is 14.9. The summed E-state index contributed by atoms with van der Waals surface area (Å²) < 4.78 is 0. The second-order valence-electron chi connectivity index (χ2n) is 6.65. The first-order chi connectivity index (χ1) is 11.8. The van der Waals surface area contributed by atoms with Crippen LogP contribution in [-0.2, 0) is 11.3 Å². The molecule has 0 spiro atoms. The van der Waals surface area contributed by atoms with Crippen LogP contribution in [0.15, 0.2) is 24.3 Å². The fourth-order valence-electron chi connectivity index (χ4n) is 2.96. The highest BCUT2D eigenvalue weighted by atomic mass is 16.4. The Bertz CT molecular complexity index is 642. The van der Waals surface area contributed by atoms with E-state index >= 15 is 0 Å². The summed E-state index contributed by atoms with van der Waals surface area (Å²) in [6, 6.07) is 5.82. The molecule has 1 fully saturated rings. The zero-order chi connectivity index (χ0) is 18.6. The highest BCUT2D eigenvalue weighted by molar-refractivity contribution is 5.88. The van der Waals surface area contributed by atoms with Crippen LogP contribution in [0, 0.1) is 0 Å². The molecule has 3 amide bonds. The van der Waals surface area contributed by atoms with Crippen LogP contribution in [0.2, 0.25) is 0 Å². The van der Waals surface area contributed by atoms with Crippen molar-refractivity contribution in [2.75, 3.05) is 13.6 Å². The van der Waals surface area contributed by atoms with Crippen LogP contribution >= 0.6 is 0 Å². The zero-order valence-corrected chi connectivity index (χ0v) is 14.9. The summed E-state index contributed by atoms with van der Waals surface area (Å²) in [5.74, 6) is -1.08. The molecular formula is C18H25N3O4. The number of amides is 3. The van der Waals surface area contributed by atoms with Gasteiger partial charge in [-0.25, -0.2) is 9.59 Å². The SMILES string of the molecule is CC(C)NC(=O)N1CCC[C@H]1C(=O)N(C)Cc1ccc(C(=O)O)cc1. The van der Waals surface area contributed by atoms with E-state index in [4.69, 9.17) is 5.11 Å². The Kier molecular flexibility index (Phi) is 6.01. The molecule has 0 aromatic heterocycles. The smallest absolute Gasteiger partial charge is 0.335 e. The van der Waals surface area contributed by atoms with Gasteiger partial charge in [-0.15, -0.1) is 0 Å². The average Bonchev–Trinajstić information content (AvgIpc) is 3.03. The van der Waals surface area contributed by atoms with Crippen LogP contribution in [0.25, 0.3) is 0 Å². The molecule has 136 valence electrons. The van der Waals surface area contributed by atoms with Gasteiger partial charge in [-0.05, 0) is 44.4 Å². The van der Waals surface area contributed by atoms with Gasteiger partial charge in [0.1, 0.15) is 6.04 Å². The fraction of sp³-hybridized carbons (Fsp3) is 0.500. The summed E-state index contributed by atoms with van der Waals surface area (Å²) >= 11 is 0. The molecule has 0 radical (unpaired) electrons. The molecule has 25 heavy (non-hydrogen) atoms. The van der Waals surface area contributed by atoms with Gasteiger partial charge in [0.05, 0.1) is 5.56 Å². The summed E-state index contributed by atoms with van der Waals surface area (Å²) in [5.41, 5.74) is 1.06. The van der Waals surface area contributed by atoms with Crippen molar-refractivity contribution in [3.63, 3.8) is 0 Å². The van der Waals surface area contributed by atoms with Crippen molar-refractivity contribution in [2.24, 2.45) is 0 Å². The maximum atomic E-state index is 12.7. The Morgan fingerprint density at radius 3 is 2.48 bits per heavy atom. The fourth-order valence-corrected chi connectivity index (χ4v) is 2.96. The normalized spacial score (nSPS) is 16.8. The van der Waals surface area contributed by atoms with E-state index in [2.05, 4.69) is 5.32 Å². The molecular weight excluding hydrogens is 322 g/mol. The quantitative estimate of drug-likeness (QED) is 0.851. The van der Waals surface area contributed by atoms with Crippen molar-refractivity contribution < 1.29 is 19.5 Å². The van der Waals surface area contributed by atoms with Crippen LogP contribution in [-0.4, -0.2) is 58.5 Å². The summed E-state index contributed by atoms with van der Waals surface area (Å²) in [4.78, 5) is 39.1. The number of hydrogen-bond donors (Lipinski definition) is 2. The molecule has 7 nitrogen and oxygen atoms in total. The van der Waals surface area contributed by atoms with Crippen molar-refractivity contribution in [3.8, 4) is 0 Å². The van der Waals surface area contributed by atoms with Crippen molar-refractivity contribution in [2.45, 2.75) is 45.3 Å². The number of carboxylic acid groups (broad SMARTS) is 1. The lowest BCUT2D eigenvalue weighted by molar-refractivity contribution is -0.134. The summed E-state index contributed by atoms with van der Waals surface area (Å²) in [7, 11) is 1.70. The third-order valence-electron chi connectivity index (χ3n) is 4.21. The highest BCUT2D eigenvalue weighted by Gasteiger charge is 2.35. The third-order valence-corrected chi connectivity index (χ3v) is 4.21. The van der Waals surface area contributed by atoms with E-state index < -0.39 is 12.0 Å². The maximum Gasteiger partial charge on any atom is 0.335 e. The molecule has 1 aliphatic rings. The van der Waals surface area contributed by atoms with E-state index in [-0.39, 0.29) is 23.5 Å². The number of urea groups is 1. The largest absolute Gasteiger partial charge is 0.478 e. The minimum atomic E-state index is -0.978. The predicted molar refractivity (Wildman–Crippen MR) is 93.3 cm³/mol. The number of nitrogens with one attached hydrogen (secondary N) is 1. The molecule has 1 aliphatic heterocycles. The number of hydrogen-bond acceptors (Lipinski definition) is 3. The third kappa shape index (κ3) is 4.71. The van der Waals surface area contributed by atoms with E-state index in [0.717, 1.165) is 12.0 Å². The number of likely N-dealkylation sites (tertiary alicyclic amines) is 1. The number of likely N-dealkylation sites (N-methyl/N-ethyl adjacent to an activating group) is 1. The lowest BCUT2D eigenvalue weighted by atomic mass is 10.1. The van der Waals surface area contributed by atoms with Gasteiger partial charge < -0.3 is 20.2 Å². The second-order valence-corrected chi connectivity index (χ2v) is 6.65. The van der Waals surface area contributed by atoms with Gasteiger partial charge in [0.25, 0.3) is 0 Å². The van der Waals surface area contributed by atoms with Gasteiger partial charge in [-0.3, -0.25) is 4.79 Å². The number of benzene rings is 1. The minimum Gasteiger partial charge on any atom is -0.478 e. The van der Waals surface area contributed by atoms with Gasteiger partial charge in [0.15, 0.2) is 0 Å².